The third-order valence-corrected chi connectivity index (χ3v) is 2.44. The van der Waals surface area contributed by atoms with Crippen LogP contribution in [0.5, 0.6) is 5.88 Å². The summed E-state index contributed by atoms with van der Waals surface area (Å²) in [7, 11) is 3.51. The molecule has 0 spiro atoms. The molecule has 0 aliphatic rings. The normalized spacial score (nSPS) is 12.2. The second-order valence-corrected chi connectivity index (χ2v) is 3.84. The van der Waals surface area contributed by atoms with Gasteiger partial charge >= 0.3 is 0 Å². The summed E-state index contributed by atoms with van der Waals surface area (Å²) in [5, 5.41) is 11.3. The molecule has 88 valence electrons. The highest BCUT2D eigenvalue weighted by molar-refractivity contribution is 5.14. The first-order chi connectivity index (χ1) is 7.67. The van der Waals surface area contributed by atoms with Crippen LogP contribution in [-0.4, -0.2) is 24.4 Å². The maximum atomic E-state index is 4.97. The van der Waals surface area contributed by atoms with Crippen molar-refractivity contribution < 1.29 is 4.74 Å². The quantitative estimate of drug-likeness (QED) is 0.747. The van der Waals surface area contributed by atoms with Gasteiger partial charge in [0, 0.05) is 6.07 Å². The molecule has 16 heavy (non-hydrogen) atoms. The smallest absolute Gasteiger partial charge is 0.233 e. The Bertz CT molecular complexity index is 335. The third kappa shape index (κ3) is 3.62. The van der Waals surface area contributed by atoms with Gasteiger partial charge in [-0.15, -0.1) is 11.7 Å². The summed E-state index contributed by atoms with van der Waals surface area (Å²) in [6.07, 6.45) is 1.96. The summed E-state index contributed by atoms with van der Waals surface area (Å²) < 4.78 is 4.97. The van der Waals surface area contributed by atoms with Gasteiger partial charge in [0.1, 0.15) is 0 Å². The first-order valence-electron chi connectivity index (χ1n) is 5.36. The van der Waals surface area contributed by atoms with Crippen LogP contribution in [0.4, 0.5) is 0 Å². The first-order valence-corrected chi connectivity index (χ1v) is 5.36. The Morgan fingerprint density at radius 1 is 1.50 bits per heavy atom. The lowest BCUT2D eigenvalue weighted by Crippen LogP contribution is -2.18. The van der Waals surface area contributed by atoms with Gasteiger partial charge in [-0.1, -0.05) is 5.57 Å². The maximum Gasteiger partial charge on any atom is 0.233 e. The Morgan fingerprint density at radius 2 is 2.25 bits per heavy atom. The molecule has 0 fully saturated rings. The molecular weight excluding hydrogens is 202 g/mol. The highest BCUT2D eigenvalue weighted by atomic mass is 16.5. The minimum atomic E-state index is 0.218. The molecule has 0 radical (unpaired) electrons. The van der Waals surface area contributed by atoms with Gasteiger partial charge in [0.15, 0.2) is 0 Å². The van der Waals surface area contributed by atoms with E-state index in [2.05, 4.69) is 22.1 Å². The standard InChI is InChI=1S/C12H19N3O/c1-9(2)5-6-10(13-3)11-7-8-12(16-4)15-14-11/h7-8,10,13H,1,5-6H2,2-4H3. The van der Waals surface area contributed by atoms with Crippen molar-refractivity contribution in [2.45, 2.75) is 25.8 Å². The van der Waals surface area contributed by atoms with Crippen molar-refractivity contribution in [3.05, 3.63) is 30.0 Å². The van der Waals surface area contributed by atoms with Crippen LogP contribution in [0, 0.1) is 0 Å². The van der Waals surface area contributed by atoms with Gasteiger partial charge in [-0.2, -0.15) is 5.10 Å². The van der Waals surface area contributed by atoms with E-state index in [1.165, 1.54) is 5.57 Å². The fraction of sp³-hybridized carbons (Fsp3) is 0.500. The van der Waals surface area contributed by atoms with Gasteiger partial charge in [-0.3, -0.25) is 0 Å². The van der Waals surface area contributed by atoms with E-state index in [1.807, 2.05) is 26.1 Å². The topological polar surface area (TPSA) is 47.0 Å². The van der Waals surface area contributed by atoms with E-state index in [0.29, 0.717) is 5.88 Å². The zero-order chi connectivity index (χ0) is 12.0. The van der Waals surface area contributed by atoms with Crippen molar-refractivity contribution in [3.8, 4) is 5.88 Å². The second kappa shape index (κ2) is 6.23. The molecule has 1 unspecified atom stereocenters. The summed E-state index contributed by atoms with van der Waals surface area (Å²) in [6, 6.07) is 3.98. The molecule has 4 nitrogen and oxygen atoms in total. The van der Waals surface area contributed by atoms with E-state index >= 15 is 0 Å². The van der Waals surface area contributed by atoms with E-state index in [4.69, 9.17) is 4.74 Å². The van der Waals surface area contributed by atoms with Crippen LogP contribution in [0.2, 0.25) is 0 Å². The minimum Gasteiger partial charge on any atom is -0.480 e. The summed E-state index contributed by atoms with van der Waals surface area (Å²) >= 11 is 0. The molecule has 0 aliphatic carbocycles. The Labute approximate surface area is 96.7 Å². The summed E-state index contributed by atoms with van der Waals surface area (Å²) in [4.78, 5) is 0. The molecule has 0 aromatic carbocycles. The molecule has 1 aromatic heterocycles. The van der Waals surface area contributed by atoms with Gasteiger partial charge in [-0.05, 0) is 32.9 Å². The number of aromatic nitrogens is 2. The molecule has 1 aromatic rings. The van der Waals surface area contributed by atoms with E-state index in [-0.39, 0.29) is 6.04 Å². The van der Waals surface area contributed by atoms with E-state index < -0.39 is 0 Å². The zero-order valence-corrected chi connectivity index (χ0v) is 10.2. The van der Waals surface area contributed by atoms with E-state index in [9.17, 15) is 0 Å². The van der Waals surface area contributed by atoms with Crippen molar-refractivity contribution in [1.29, 1.82) is 0 Å². The highest BCUT2D eigenvalue weighted by Crippen LogP contribution is 2.18. The van der Waals surface area contributed by atoms with Crippen molar-refractivity contribution in [3.63, 3.8) is 0 Å². The molecule has 1 N–H and O–H groups in total. The van der Waals surface area contributed by atoms with Gasteiger partial charge in [0.05, 0.1) is 18.8 Å². The molecule has 0 saturated heterocycles. The number of nitrogens with zero attached hydrogens (tertiary/aromatic N) is 2. The van der Waals surface area contributed by atoms with E-state index in [0.717, 1.165) is 18.5 Å². The average molecular weight is 221 g/mol. The Hall–Kier alpha value is -1.42. The average Bonchev–Trinajstić information content (AvgIpc) is 2.30. The van der Waals surface area contributed by atoms with E-state index in [1.54, 1.807) is 7.11 Å². The molecule has 0 saturated carbocycles. The SMILES string of the molecule is C=C(C)CCC(NC)c1ccc(OC)nn1. The molecule has 1 heterocycles. The predicted octanol–water partition coefficient (Wildman–Crippen LogP) is 2.10. The molecule has 0 aliphatic heterocycles. The first kappa shape index (κ1) is 12.6. The Balaban J connectivity index is 2.66. The van der Waals surface area contributed by atoms with Gasteiger partial charge in [0.25, 0.3) is 0 Å². The number of allylic oxidation sites excluding steroid dienone is 1. The Morgan fingerprint density at radius 3 is 2.69 bits per heavy atom. The maximum absolute atomic E-state index is 4.97. The summed E-state index contributed by atoms with van der Waals surface area (Å²) in [5.41, 5.74) is 2.12. The van der Waals surface area contributed by atoms with Crippen LogP contribution >= 0.6 is 0 Å². The summed E-state index contributed by atoms with van der Waals surface area (Å²) in [6.45, 7) is 5.93. The van der Waals surface area contributed by atoms with Crippen LogP contribution in [0.25, 0.3) is 0 Å². The number of rotatable bonds is 6. The summed E-state index contributed by atoms with van der Waals surface area (Å²) in [5.74, 6) is 0.540. The lowest BCUT2D eigenvalue weighted by atomic mass is 10.0. The molecule has 0 amide bonds. The third-order valence-electron chi connectivity index (χ3n) is 2.44. The zero-order valence-electron chi connectivity index (χ0n) is 10.2. The van der Waals surface area contributed by atoms with Crippen LogP contribution in [0.3, 0.4) is 0 Å². The van der Waals surface area contributed by atoms with Crippen LogP contribution in [0.15, 0.2) is 24.3 Å². The molecule has 1 atom stereocenters. The van der Waals surface area contributed by atoms with Gasteiger partial charge < -0.3 is 10.1 Å². The van der Waals surface area contributed by atoms with Crippen LogP contribution in [-0.2, 0) is 0 Å². The fourth-order valence-electron chi connectivity index (χ4n) is 1.46. The lowest BCUT2D eigenvalue weighted by Gasteiger charge is -2.14. The van der Waals surface area contributed by atoms with Gasteiger partial charge in [0.2, 0.25) is 5.88 Å². The number of nitrogens with one attached hydrogen (secondary N) is 1. The van der Waals surface area contributed by atoms with Crippen molar-refractivity contribution in [2.24, 2.45) is 0 Å². The number of ether oxygens (including phenoxy) is 1. The molecule has 0 bridgehead atoms. The van der Waals surface area contributed by atoms with Crippen molar-refractivity contribution in [2.75, 3.05) is 14.2 Å². The van der Waals surface area contributed by atoms with Crippen molar-refractivity contribution >= 4 is 0 Å². The van der Waals surface area contributed by atoms with Crippen molar-refractivity contribution in [1.82, 2.24) is 15.5 Å². The highest BCUT2D eigenvalue weighted by Gasteiger charge is 2.11. The van der Waals surface area contributed by atoms with Gasteiger partial charge in [-0.25, -0.2) is 0 Å². The number of hydrogen-bond acceptors (Lipinski definition) is 4. The Kier molecular flexibility index (Phi) is 4.92. The largest absolute Gasteiger partial charge is 0.480 e. The lowest BCUT2D eigenvalue weighted by molar-refractivity contribution is 0.389. The van der Waals surface area contributed by atoms with Crippen LogP contribution < -0.4 is 10.1 Å². The molecular formula is C12H19N3O. The van der Waals surface area contributed by atoms with Crippen LogP contribution in [0.1, 0.15) is 31.5 Å². The second-order valence-electron chi connectivity index (χ2n) is 3.84. The fourth-order valence-corrected chi connectivity index (χ4v) is 1.46. The number of methoxy groups -OCH3 is 1. The predicted molar refractivity (Wildman–Crippen MR) is 64.4 cm³/mol. The molecule has 4 heteroatoms. The molecule has 1 rings (SSSR count). The minimum absolute atomic E-state index is 0.218. The monoisotopic (exact) mass is 221 g/mol. The number of hydrogen-bond donors (Lipinski definition) is 1.